The van der Waals surface area contributed by atoms with E-state index >= 15 is 0 Å². The zero-order valence-corrected chi connectivity index (χ0v) is 10.3. The van der Waals surface area contributed by atoms with Gasteiger partial charge in [0, 0.05) is 21.3 Å². The van der Waals surface area contributed by atoms with Gasteiger partial charge >= 0.3 is 0 Å². The van der Waals surface area contributed by atoms with Gasteiger partial charge in [-0.15, -0.1) is 0 Å². The second-order valence-corrected chi connectivity index (χ2v) is 5.31. The number of benzene rings is 2. The summed E-state index contributed by atoms with van der Waals surface area (Å²) in [4.78, 5) is 14.6. The number of ketones is 1. The van der Waals surface area contributed by atoms with Gasteiger partial charge in [0.25, 0.3) is 0 Å². The van der Waals surface area contributed by atoms with E-state index in [4.69, 9.17) is 0 Å². The van der Waals surface area contributed by atoms with Gasteiger partial charge in [-0.05, 0) is 17.7 Å². The van der Waals surface area contributed by atoms with Crippen molar-refractivity contribution >= 4 is 17.5 Å². The van der Waals surface area contributed by atoms with Gasteiger partial charge in [0.15, 0.2) is 5.78 Å². The van der Waals surface area contributed by atoms with Gasteiger partial charge in [0.05, 0.1) is 0 Å². The van der Waals surface area contributed by atoms with E-state index in [0.717, 1.165) is 16.0 Å². The number of carbonyl (C=O) groups is 1. The molecule has 1 heterocycles. The quantitative estimate of drug-likeness (QED) is 0.688. The van der Waals surface area contributed by atoms with Crippen molar-refractivity contribution in [2.24, 2.45) is 0 Å². The number of Topliss-reactive ketones (excluding diaryl/α,β-unsaturated/α-hetero) is 1. The van der Waals surface area contributed by atoms with Crippen molar-refractivity contribution in [1.82, 2.24) is 0 Å². The Balaban J connectivity index is 2.24. The average molecular weight is 240 g/mol. The molecule has 1 aliphatic heterocycles. The first kappa shape index (κ1) is 10.6. The highest BCUT2D eigenvalue weighted by Crippen LogP contribution is 2.40. The standard InChI is InChI=1S/C15H12OS/c1-10-11-6-2-4-8-13(11)17-14-9-5-3-7-12(14)15(10)16/h2-10H,1H3. The molecule has 0 amide bonds. The SMILES string of the molecule is CC1C(=O)c2ccccc2Sc2ccccc21. The van der Waals surface area contributed by atoms with Crippen LogP contribution in [0.5, 0.6) is 0 Å². The summed E-state index contributed by atoms with van der Waals surface area (Å²) in [5.41, 5.74) is 1.99. The summed E-state index contributed by atoms with van der Waals surface area (Å²) < 4.78 is 0. The van der Waals surface area contributed by atoms with Gasteiger partial charge < -0.3 is 0 Å². The molecule has 0 bridgehead atoms. The highest BCUT2D eigenvalue weighted by atomic mass is 32.2. The van der Waals surface area contributed by atoms with Crippen LogP contribution >= 0.6 is 11.8 Å². The third kappa shape index (κ3) is 1.69. The molecule has 0 aliphatic carbocycles. The number of carbonyl (C=O) groups excluding carboxylic acids is 1. The first-order valence-electron chi connectivity index (χ1n) is 5.67. The highest BCUT2D eigenvalue weighted by molar-refractivity contribution is 7.99. The van der Waals surface area contributed by atoms with Gasteiger partial charge in [-0.25, -0.2) is 0 Å². The topological polar surface area (TPSA) is 17.1 Å². The van der Waals surface area contributed by atoms with Crippen molar-refractivity contribution < 1.29 is 4.79 Å². The lowest BCUT2D eigenvalue weighted by Crippen LogP contribution is -2.09. The molecule has 1 unspecified atom stereocenters. The molecule has 84 valence electrons. The maximum atomic E-state index is 12.4. The van der Waals surface area contributed by atoms with E-state index in [0.29, 0.717) is 0 Å². The van der Waals surface area contributed by atoms with Gasteiger partial charge in [0.1, 0.15) is 0 Å². The maximum absolute atomic E-state index is 12.4. The van der Waals surface area contributed by atoms with E-state index in [1.54, 1.807) is 11.8 Å². The molecule has 0 aromatic heterocycles. The van der Waals surface area contributed by atoms with Crippen LogP contribution < -0.4 is 0 Å². The summed E-state index contributed by atoms with van der Waals surface area (Å²) in [5.74, 6) is 0.167. The Morgan fingerprint density at radius 2 is 1.59 bits per heavy atom. The average Bonchev–Trinajstić information content (AvgIpc) is 2.48. The highest BCUT2D eigenvalue weighted by Gasteiger charge is 2.25. The van der Waals surface area contributed by atoms with Gasteiger partial charge in [-0.2, -0.15) is 0 Å². The molecule has 0 fully saturated rings. The van der Waals surface area contributed by atoms with Gasteiger partial charge in [-0.3, -0.25) is 4.79 Å². The molecular weight excluding hydrogens is 228 g/mol. The lowest BCUT2D eigenvalue weighted by Gasteiger charge is -2.10. The Bertz CT molecular complexity index is 589. The van der Waals surface area contributed by atoms with Crippen molar-refractivity contribution in [2.45, 2.75) is 22.6 Å². The van der Waals surface area contributed by atoms with E-state index in [-0.39, 0.29) is 11.7 Å². The predicted octanol–water partition coefficient (Wildman–Crippen LogP) is 4.14. The van der Waals surface area contributed by atoms with Crippen LogP contribution in [-0.2, 0) is 0 Å². The Kier molecular flexibility index (Phi) is 2.52. The molecule has 3 rings (SSSR count). The molecule has 2 heteroatoms. The predicted molar refractivity (Wildman–Crippen MR) is 69.8 cm³/mol. The molecule has 0 radical (unpaired) electrons. The minimum Gasteiger partial charge on any atom is -0.293 e. The van der Waals surface area contributed by atoms with Crippen molar-refractivity contribution in [3.63, 3.8) is 0 Å². The van der Waals surface area contributed by atoms with E-state index in [2.05, 4.69) is 12.1 Å². The summed E-state index contributed by atoms with van der Waals surface area (Å²) in [6.07, 6.45) is 0. The zero-order valence-electron chi connectivity index (χ0n) is 9.51. The molecule has 0 spiro atoms. The summed E-state index contributed by atoms with van der Waals surface area (Å²) in [5, 5.41) is 0. The Morgan fingerprint density at radius 3 is 2.41 bits per heavy atom. The Morgan fingerprint density at radius 1 is 0.941 bits per heavy atom. The number of hydrogen-bond donors (Lipinski definition) is 0. The molecule has 0 saturated heterocycles. The summed E-state index contributed by atoms with van der Waals surface area (Å²) in [6, 6.07) is 16.0. The van der Waals surface area contributed by atoms with Crippen molar-refractivity contribution in [1.29, 1.82) is 0 Å². The fraction of sp³-hybridized carbons (Fsp3) is 0.133. The molecule has 1 atom stereocenters. The maximum Gasteiger partial charge on any atom is 0.171 e. The summed E-state index contributed by atoms with van der Waals surface area (Å²) in [6.45, 7) is 1.99. The minimum atomic E-state index is -0.0534. The largest absolute Gasteiger partial charge is 0.293 e. The minimum absolute atomic E-state index is 0.0534. The fourth-order valence-electron chi connectivity index (χ4n) is 2.18. The van der Waals surface area contributed by atoms with E-state index in [1.165, 1.54) is 4.90 Å². The van der Waals surface area contributed by atoms with Crippen LogP contribution in [0, 0.1) is 0 Å². The second kappa shape index (κ2) is 4.04. The van der Waals surface area contributed by atoms with Crippen LogP contribution in [-0.4, -0.2) is 5.78 Å². The number of fused-ring (bicyclic) bond motifs is 2. The molecule has 0 N–H and O–H groups in total. The third-order valence-electron chi connectivity index (χ3n) is 3.15. The van der Waals surface area contributed by atoms with Crippen LogP contribution in [0.4, 0.5) is 0 Å². The second-order valence-electron chi connectivity index (χ2n) is 4.22. The van der Waals surface area contributed by atoms with Crippen LogP contribution in [0.15, 0.2) is 58.3 Å². The normalized spacial score (nSPS) is 18.2. The van der Waals surface area contributed by atoms with Gasteiger partial charge in [0.2, 0.25) is 0 Å². The molecule has 2 aromatic rings. The summed E-state index contributed by atoms with van der Waals surface area (Å²) in [7, 11) is 0. The molecule has 0 saturated carbocycles. The smallest absolute Gasteiger partial charge is 0.171 e. The van der Waals surface area contributed by atoms with Crippen molar-refractivity contribution in [2.75, 3.05) is 0 Å². The molecule has 17 heavy (non-hydrogen) atoms. The molecule has 1 nitrogen and oxygen atoms in total. The molecule has 2 aromatic carbocycles. The number of hydrogen-bond acceptors (Lipinski definition) is 2. The Hall–Kier alpha value is -1.54. The van der Waals surface area contributed by atoms with Crippen LogP contribution in [0.2, 0.25) is 0 Å². The third-order valence-corrected chi connectivity index (χ3v) is 4.32. The van der Waals surface area contributed by atoms with Crippen molar-refractivity contribution in [3.8, 4) is 0 Å². The van der Waals surface area contributed by atoms with Crippen LogP contribution in [0.3, 0.4) is 0 Å². The van der Waals surface area contributed by atoms with Gasteiger partial charge in [-0.1, -0.05) is 55.1 Å². The fourth-order valence-corrected chi connectivity index (χ4v) is 3.35. The van der Waals surface area contributed by atoms with E-state index in [9.17, 15) is 4.79 Å². The molecule has 1 aliphatic rings. The van der Waals surface area contributed by atoms with Crippen LogP contribution in [0.1, 0.15) is 28.8 Å². The lowest BCUT2D eigenvalue weighted by atomic mass is 9.92. The summed E-state index contributed by atoms with van der Waals surface area (Å²) >= 11 is 1.69. The monoisotopic (exact) mass is 240 g/mol. The first-order chi connectivity index (χ1) is 8.27. The number of rotatable bonds is 0. The van der Waals surface area contributed by atoms with E-state index < -0.39 is 0 Å². The van der Waals surface area contributed by atoms with Crippen molar-refractivity contribution in [3.05, 3.63) is 59.7 Å². The Labute approximate surface area is 105 Å². The first-order valence-corrected chi connectivity index (χ1v) is 6.49. The molecular formula is C15H12OS. The van der Waals surface area contributed by atoms with E-state index in [1.807, 2.05) is 43.3 Å². The van der Waals surface area contributed by atoms with Crippen LogP contribution in [0.25, 0.3) is 0 Å². The lowest BCUT2D eigenvalue weighted by molar-refractivity contribution is 0.0963. The zero-order chi connectivity index (χ0) is 11.8.